The summed E-state index contributed by atoms with van der Waals surface area (Å²) in [5, 5.41) is 8.19. The van der Waals surface area contributed by atoms with Crippen LogP contribution in [-0.2, 0) is 4.79 Å². The van der Waals surface area contributed by atoms with Crippen molar-refractivity contribution in [1.29, 1.82) is 0 Å². The van der Waals surface area contributed by atoms with Gasteiger partial charge in [-0.25, -0.2) is 4.39 Å². The molecule has 0 aliphatic heterocycles. The average Bonchev–Trinajstić information content (AvgIpc) is 2.62. The fourth-order valence-electron chi connectivity index (χ4n) is 5.71. The highest BCUT2D eigenvalue weighted by Gasteiger charge is 2.55. The molecule has 0 atom stereocenters. The van der Waals surface area contributed by atoms with E-state index in [0.29, 0.717) is 23.4 Å². The summed E-state index contributed by atoms with van der Waals surface area (Å²) in [5.41, 5.74) is 1.10. The van der Waals surface area contributed by atoms with Crippen LogP contribution in [-0.4, -0.2) is 16.2 Å². The summed E-state index contributed by atoms with van der Waals surface area (Å²) in [4.78, 5) is 12.9. The minimum absolute atomic E-state index is 0.125. The van der Waals surface area contributed by atoms with E-state index in [4.69, 9.17) is 4.74 Å². The lowest BCUT2D eigenvalue weighted by atomic mass is 9.49. The zero-order valence-electron chi connectivity index (χ0n) is 14.5. The zero-order chi connectivity index (χ0) is 17.7. The van der Waals surface area contributed by atoms with Crippen molar-refractivity contribution in [2.45, 2.75) is 38.5 Å². The SMILES string of the molecule is O=C(Oc1ccc(-c2ccc(F)cc2)nn1)C12CC3CC(CC(C3)C1)C2. The van der Waals surface area contributed by atoms with Crippen molar-refractivity contribution in [2.24, 2.45) is 23.2 Å². The van der Waals surface area contributed by atoms with Gasteiger partial charge in [-0.2, -0.15) is 0 Å². The molecular weight excluding hydrogens is 331 g/mol. The Bertz CT molecular complexity index is 797. The molecule has 1 heterocycles. The fraction of sp³-hybridized carbons (Fsp3) is 0.476. The van der Waals surface area contributed by atoms with Crippen LogP contribution in [0.5, 0.6) is 5.88 Å². The van der Waals surface area contributed by atoms with Gasteiger partial charge in [0.2, 0.25) is 5.88 Å². The van der Waals surface area contributed by atoms with Gasteiger partial charge in [-0.05, 0) is 86.6 Å². The van der Waals surface area contributed by atoms with Crippen LogP contribution < -0.4 is 4.74 Å². The van der Waals surface area contributed by atoms with Gasteiger partial charge in [0.05, 0.1) is 11.1 Å². The van der Waals surface area contributed by atoms with Crippen molar-refractivity contribution in [2.75, 3.05) is 0 Å². The number of ether oxygens (including phenoxy) is 1. The van der Waals surface area contributed by atoms with Crippen LogP contribution in [0.1, 0.15) is 38.5 Å². The van der Waals surface area contributed by atoms with Crippen molar-refractivity contribution >= 4 is 5.97 Å². The molecule has 4 bridgehead atoms. The molecule has 1 aromatic heterocycles. The molecule has 4 aliphatic carbocycles. The first kappa shape index (κ1) is 15.9. The van der Waals surface area contributed by atoms with Crippen molar-refractivity contribution < 1.29 is 13.9 Å². The highest BCUT2D eigenvalue weighted by Crippen LogP contribution is 2.60. The first-order valence-corrected chi connectivity index (χ1v) is 9.42. The maximum Gasteiger partial charge on any atom is 0.318 e. The van der Waals surface area contributed by atoms with E-state index in [1.165, 1.54) is 31.4 Å². The van der Waals surface area contributed by atoms with Crippen molar-refractivity contribution in [3.8, 4) is 17.1 Å². The van der Waals surface area contributed by atoms with Crippen molar-refractivity contribution in [1.82, 2.24) is 10.2 Å². The highest BCUT2D eigenvalue weighted by atomic mass is 19.1. The Morgan fingerprint density at radius 1 is 0.923 bits per heavy atom. The number of hydrogen-bond acceptors (Lipinski definition) is 4. The minimum Gasteiger partial charge on any atom is -0.405 e. The summed E-state index contributed by atoms with van der Waals surface area (Å²) in [6, 6.07) is 9.50. The second-order valence-electron chi connectivity index (χ2n) is 8.35. The van der Waals surface area contributed by atoms with E-state index in [9.17, 15) is 9.18 Å². The summed E-state index contributed by atoms with van der Waals surface area (Å²) >= 11 is 0. The minimum atomic E-state index is -0.300. The van der Waals surface area contributed by atoms with E-state index in [1.807, 2.05) is 0 Å². The number of aromatic nitrogens is 2. The van der Waals surface area contributed by atoms with Crippen LogP contribution in [0.25, 0.3) is 11.3 Å². The van der Waals surface area contributed by atoms with Crippen LogP contribution in [0.4, 0.5) is 4.39 Å². The number of rotatable bonds is 3. The molecular formula is C21H21FN2O2. The van der Waals surface area contributed by atoms with Gasteiger partial charge >= 0.3 is 5.97 Å². The molecule has 0 N–H and O–H groups in total. The molecule has 0 amide bonds. The third-order valence-corrected chi connectivity index (χ3v) is 6.45. The second kappa shape index (κ2) is 5.86. The van der Waals surface area contributed by atoms with E-state index < -0.39 is 0 Å². The second-order valence-corrected chi connectivity index (χ2v) is 8.35. The molecule has 4 aliphatic rings. The smallest absolute Gasteiger partial charge is 0.318 e. The van der Waals surface area contributed by atoms with Crippen LogP contribution in [0, 0.1) is 29.0 Å². The summed E-state index contributed by atoms with van der Waals surface area (Å²) < 4.78 is 18.7. The van der Waals surface area contributed by atoms with E-state index >= 15 is 0 Å². The number of esters is 1. The van der Waals surface area contributed by atoms with Gasteiger partial charge in [0.1, 0.15) is 5.82 Å². The number of nitrogens with zero attached hydrogens (tertiary/aromatic N) is 2. The van der Waals surface area contributed by atoms with E-state index in [0.717, 1.165) is 24.8 Å². The summed E-state index contributed by atoms with van der Waals surface area (Å²) in [6.07, 6.45) is 6.78. The standard InChI is InChI=1S/C21H21FN2O2/c22-17-3-1-16(2-4-17)18-5-6-19(24-23-18)26-20(25)21-10-13-7-14(11-21)9-15(8-13)12-21/h1-6,13-15H,7-12H2. The van der Waals surface area contributed by atoms with Gasteiger partial charge in [0.25, 0.3) is 0 Å². The summed E-state index contributed by atoms with van der Waals surface area (Å²) in [5.74, 6) is 1.92. The van der Waals surface area contributed by atoms with Crippen molar-refractivity contribution in [3.05, 3.63) is 42.2 Å². The molecule has 26 heavy (non-hydrogen) atoms. The van der Waals surface area contributed by atoms with E-state index in [-0.39, 0.29) is 23.1 Å². The molecule has 4 fully saturated rings. The van der Waals surface area contributed by atoms with Gasteiger partial charge in [-0.3, -0.25) is 4.79 Å². The largest absolute Gasteiger partial charge is 0.405 e. The molecule has 0 unspecified atom stereocenters. The van der Waals surface area contributed by atoms with Crippen LogP contribution in [0.2, 0.25) is 0 Å². The van der Waals surface area contributed by atoms with E-state index in [2.05, 4.69) is 10.2 Å². The van der Waals surface area contributed by atoms with Gasteiger partial charge < -0.3 is 4.74 Å². The molecule has 5 heteroatoms. The van der Waals surface area contributed by atoms with Gasteiger partial charge in [-0.15, -0.1) is 10.2 Å². The lowest BCUT2D eigenvalue weighted by molar-refractivity contribution is -0.161. The first-order valence-electron chi connectivity index (χ1n) is 9.42. The predicted octanol–water partition coefficient (Wildman–Crippen LogP) is 4.40. The number of halogens is 1. The Morgan fingerprint density at radius 2 is 1.54 bits per heavy atom. The molecule has 6 rings (SSSR count). The number of carbonyl (C=O) groups excluding carboxylic acids is 1. The van der Waals surface area contributed by atoms with Crippen LogP contribution in [0.3, 0.4) is 0 Å². The van der Waals surface area contributed by atoms with Crippen LogP contribution >= 0.6 is 0 Å². The Labute approximate surface area is 151 Å². The Balaban J connectivity index is 1.32. The summed E-state index contributed by atoms with van der Waals surface area (Å²) in [7, 11) is 0. The first-order chi connectivity index (χ1) is 12.6. The van der Waals surface area contributed by atoms with Gasteiger partial charge in [-0.1, -0.05) is 0 Å². The molecule has 134 valence electrons. The van der Waals surface area contributed by atoms with Crippen LogP contribution in [0.15, 0.2) is 36.4 Å². The summed E-state index contributed by atoms with van der Waals surface area (Å²) in [6.45, 7) is 0. The molecule has 2 aromatic rings. The lowest BCUT2D eigenvalue weighted by Crippen LogP contribution is -2.51. The average molecular weight is 352 g/mol. The maximum atomic E-state index is 13.0. The lowest BCUT2D eigenvalue weighted by Gasteiger charge is -2.55. The van der Waals surface area contributed by atoms with E-state index in [1.54, 1.807) is 24.3 Å². The Morgan fingerprint density at radius 3 is 2.08 bits per heavy atom. The number of benzene rings is 1. The van der Waals surface area contributed by atoms with Gasteiger partial charge in [0.15, 0.2) is 0 Å². The molecule has 4 nitrogen and oxygen atoms in total. The highest BCUT2D eigenvalue weighted by molar-refractivity contribution is 5.79. The molecule has 0 spiro atoms. The molecule has 4 saturated carbocycles. The molecule has 0 saturated heterocycles. The number of hydrogen-bond donors (Lipinski definition) is 0. The quantitative estimate of drug-likeness (QED) is 0.768. The third kappa shape index (κ3) is 2.70. The normalized spacial score (nSPS) is 31.8. The maximum absolute atomic E-state index is 13.0. The Kier molecular flexibility index (Phi) is 3.59. The van der Waals surface area contributed by atoms with Crippen molar-refractivity contribution in [3.63, 3.8) is 0 Å². The molecule has 0 radical (unpaired) electrons. The fourth-order valence-corrected chi connectivity index (χ4v) is 5.71. The zero-order valence-corrected chi connectivity index (χ0v) is 14.5. The molecule has 1 aromatic carbocycles. The third-order valence-electron chi connectivity index (χ3n) is 6.45. The number of carbonyl (C=O) groups is 1. The predicted molar refractivity (Wildman–Crippen MR) is 93.7 cm³/mol. The Hall–Kier alpha value is -2.30. The monoisotopic (exact) mass is 352 g/mol. The van der Waals surface area contributed by atoms with Gasteiger partial charge in [0, 0.05) is 11.6 Å². The topological polar surface area (TPSA) is 52.1 Å².